The van der Waals surface area contributed by atoms with Crippen molar-refractivity contribution in [3.05, 3.63) is 38.4 Å². The van der Waals surface area contributed by atoms with Crippen molar-refractivity contribution in [2.75, 3.05) is 0 Å². The molecule has 0 unspecified atom stereocenters. The van der Waals surface area contributed by atoms with Crippen molar-refractivity contribution in [3.8, 4) is 6.07 Å². The number of nitriles is 1. The van der Waals surface area contributed by atoms with Crippen LogP contribution in [0, 0.1) is 11.3 Å². The van der Waals surface area contributed by atoms with Crippen LogP contribution in [0.1, 0.15) is 27.3 Å². The van der Waals surface area contributed by atoms with E-state index in [0.717, 1.165) is 28.3 Å². The summed E-state index contributed by atoms with van der Waals surface area (Å²) in [6.07, 6.45) is 5.20. The SMILES string of the molecule is N#Cc1c(/N=C/c2cccs2)sc2c1CCC2. The third kappa shape index (κ3) is 1.92. The van der Waals surface area contributed by atoms with E-state index in [-0.39, 0.29) is 0 Å². The molecule has 0 fully saturated rings. The number of aryl methyl sites for hydroxylation is 1. The molecule has 2 aromatic heterocycles. The van der Waals surface area contributed by atoms with Crippen molar-refractivity contribution in [1.29, 1.82) is 5.26 Å². The molecule has 2 heterocycles. The number of rotatable bonds is 2. The van der Waals surface area contributed by atoms with Crippen LogP contribution in [0.2, 0.25) is 0 Å². The maximum Gasteiger partial charge on any atom is 0.134 e. The van der Waals surface area contributed by atoms with Gasteiger partial charge in [0, 0.05) is 16.0 Å². The summed E-state index contributed by atoms with van der Waals surface area (Å²) in [5.41, 5.74) is 2.05. The first-order chi connectivity index (χ1) is 8.38. The second kappa shape index (κ2) is 4.44. The average molecular weight is 258 g/mol. The zero-order valence-corrected chi connectivity index (χ0v) is 10.8. The first-order valence-electron chi connectivity index (χ1n) is 5.50. The van der Waals surface area contributed by atoms with Crippen LogP contribution >= 0.6 is 22.7 Å². The molecule has 0 aliphatic heterocycles. The van der Waals surface area contributed by atoms with Gasteiger partial charge in [0.1, 0.15) is 11.1 Å². The Morgan fingerprint density at radius 1 is 1.41 bits per heavy atom. The highest BCUT2D eigenvalue weighted by atomic mass is 32.1. The van der Waals surface area contributed by atoms with Gasteiger partial charge in [0.05, 0.1) is 5.56 Å². The van der Waals surface area contributed by atoms with Crippen LogP contribution < -0.4 is 0 Å². The lowest BCUT2D eigenvalue weighted by molar-refractivity contribution is 0.913. The van der Waals surface area contributed by atoms with Gasteiger partial charge < -0.3 is 0 Å². The molecule has 0 atom stereocenters. The quantitative estimate of drug-likeness (QED) is 0.752. The van der Waals surface area contributed by atoms with Gasteiger partial charge in [-0.3, -0.25) is 0 Å². The van der Waals surface area contributed by atoms with Crippen LogP contribution in [-0.4, -0.2) is 6.21 Å². The highest BCUT2D eigenvalue weighted by molar-refractivity contribution is 7.16. The first kappa shape index (κ1) is 10.7. The molecule has 4 heteroatoms. The number of hydrogen-bond acceptors (Lipinski definition) is 4. The monoisotopic (exact) mass is 258 g/mol. The molecule has 2 nitrogen and oxygen atoms in total. The number of nitrogens with zero attached hydrogens (tertiary/aromatic N) is 2. The van der Waals surface area contributed by atoms with Crippen molar-refractivity contribution < 1.29 is 0 Å². The number of hydrogen-bond donors (Lipinski definition) is 0. The summed E-state index contributed by atoms with van der Waals surface area (Å²) in [5, 5.41) is 12.1. The predicted octanol–water partition coefficient (Wildman–Crippen LogP) is 3.92. The summed E-state index contributed by atoms with van der Waals surface area (Å²) < 4.78 is 0. The second-order valence-electron chi connectivity index (χ2n) is 3.92. The Bertz CT molecular complexity index is 600. The largest absolute Gasteiger partial charge is 0.243 e. The Kier molecular flexibility index (Phi) is 2.79. The maximum atomic E-state index is 9.21. The highest BCUT2D eigenvalue weighted by Crippen LogP contribution is 2.40. The van der Waals surface area contributed by atoms with Crippen LogP contribution in [0.5, 0.6) is 0 Å². The van der Waals surface area contributed by atoms with Crippen molar-refractivity contribution >= 4 is 33.9 Å². The van der Waals surface area contributed by atoms with Gasteiger partial charge >= 0.3 is 0 Å². The van der Waals surface area contributed by atoms with Crippen LogP contribution in [0.4, 0.5) is 5.00 Å². The molecule has 0 N–H and O–H groups in total. The highest BCUT2D eigenvalue weighted by Gasteiger charge is 2.21. The molecule has 0 saturated heterocycles. The fourth-order valence-electron chi connectivity index (χ4n) is 2.08. The van der Waals surface area contributed by atoms with E-state index in [9.17, 15) is 5.26 Å². The standard InChI is InChI=1S/C13H10N2S2/c14-7-11-10-4-1-5-12(10)17-13(11)15-8-9-3-2-6-16-9/h2-3,6,8H,1,4-5H2/b15-8+. The number of aliphatic imine (C=N–C) groups is 1. The van der Waals surface area contributed by atoms with Gasteiger partial charge in [-0.05, 0) is 36.3 Å². The molecule has 17 heavy (non-hydrogen) atoms. The van der Waals surface area contributed by atoms with E-state index in [2.05, 4.69) is 11.1 Å². The Morgan fingerprint density at radius 3 is 3.12 bits per heavy atom. The molecule has 3 rings (SSSR count). The molecule has 1 aliphatic rings. The van der Waals surface area contributed by atoms with Crippen molar-refractivity contribution in [1.82, 2.24) is 0 Å². The Labute approximate surface area is 108 Å². The summed E-state index contributed by atoms with van der Waals surface area (Å²) >= 11 is 3.34. The summed E-state index contributed by atoms with van der Waals surface area (Å²) in [7, 11) is 0. The van der Waals surface area contributed by atoms with Crippen LogP contribution in [0.3, 0.4) is 0 Å². The summed E-state index contributed by atoms with van der Waals surface area (Å²) in [6, 6.07) is 6.34. The minimum absolute atomic E-state index is 0.801. The van der Waals surface area contributed by atoms with E-state index in [1.807, 2.05) is 23.7 Å². The van der Waals surface area contributed by atoms with E-state index < -0.39 is 0 Å². The van der Waals surface area contributed by atoms with Gasteiger partial charge in [0.25, 0.3) is 0 Å². The van der Waals surface area contributed by atoms with Crippen molar-refractivity contribution in [2.45, 2.75) is 19.3 Å². The van der Waals surface area contributed by atoms with Crippen LogP contribution in [0.25, 0.3) is 0 Å². The minimum Gasteiger partial charge on any atom is -0.243 e. The van der Waals surface area contributed by atoms with Gasteiger partial charge in [-0.25, -0.2) is 4.99 Å². The summed E-state index contributed by atoms with van der Waals surface area (Å²) in [4.78, 5) is 6.95. The Hall–Kier alpha value is -1.44. The number of fused-ring (bicyclic) bond motifs is 1. The van der Waals surface area contributed by atoms with Gasteiger partial charge in [0.2, 0.25) is 0 Å². The molecule has 0 radical (unpaired) electrons. The summed E-state index contributed by atoms with van der Waals surface area (Å²) in [5.74, 6) is 0. The summed E-state index contributed by atoms with van der Waals surface area (Å²) in [6.45, 7) is 0. The van der Waals surface area contributed by atoms with E-state index in [4.69, 9.17) is 0 Å². The zero-order valence-electron chi connectivity index (χ0n) is 9.14. The lowest BCUT2D eigenvalue weighted by atomic mass is 10.1. The average Bonchev–Trinajstić information content (AvgIpc) is 3.02. The topological polar surface area (TPSA) is 36.1 Å². The smallest absolute Gasteiger partial charge is 0.134 e. The Morgan fingerprint density at radius 2 is 2.35 bits per heavy atom. The molecule has 0 bridgehead atoms. The zero-order chi connectivity index (χ0) is 11.7. The number of thiophene rings is 2. The van der Waals surface area contributed by atoms with Gasteiger partial charge in [-0.1, -0.05) is 6.07 Å². The first-order valence-corrected chi connectivity index (χ1v) is 7.20. The lowest BCUT2D eigenvalue weighted by Gasteiger charge is -1.91. The van der Waals surface area contributed by atoms with Gasteiger partial charge in [-0.15, -0.1) is 22.7 Å². The van der Waals surface area contributed by atoms with E-state index in [0.29, 0.717) is 0 Å². The molecule has 0 spiro atoms. The molecule has 0 aromatic carbocycles. The van der Waals surface area contributed by atoms with E-state index >= 15 is 0 Å². The van der Waals surface area contributed by atoms with Gasteiger partial charge in [-0.2, -0.15) is 5.26 Å². The molecule has 0 saturated carbocycles. The Balaban J connectivity index is 1.97. The van der Waals surface area contributed by atoms with Crippen molar-refractivity contribution in [3.63, 3.8) is 0 Å². The fraction of sp³-hybridized carbons (Fsp3) is 0.231. The van der Waals surface area contributed by atoms with Crippen LogP contribution in [0.15, 0.2) is 22.5 Å². The van der Waals surface area contributed by atoms with E-state index in [1.165, 1.54) is 16.9 Å². The predicted molar refractivity (Wildman–Crippen MR) is 72.6 cm³/mol. The van der Waals surface area contributed by atoms with Crippen LogP contribution in [-0.2, 0) is 12.8 Å². The van der Waals surface area contributed by atoms with Crippen molar-refractivity contribution in [2.24, 2.45) is 4.99 Å². The normalized spacial score (nSPS) is 14.1. The molecular formula is C13H10N2S2. The molecular weight excluding hydrogens is 248 g/mol. The second-order valence-corrected chi connectivity index (χ2v) is 5.99. The third-order valence-corrected chi connectivity index (χ3v) is 4.87. The van der Waals surface area contributed by atoms with E-state index in [1.54, 1.807) is 22.7 Å². The molecule has 84 valence electrons. The maximum absolute atomic E-state index is 9.21. The fourth-order valence-corrected chi connectivity index (χ4v) is 3.85. The lowest BCUT2D eigenvalue weighted by Crippen LogP contribution is -1.80. The third-order valence-electron chi connectivity index (χ3n) is 2.87. The minimum atomic E-state index is 0.801. The molecule has 2 aromatic rings. The molecule has 0 amide bonds. The van der Waals surface area contributed by atoms with Gasteiger partial charge in [0.15, 0.2) is 0 Å². The molecule has 1 aliphatic carbocycles.